The second-order valence-electron chi connectivity index (χ2n) is 10.7. The zero-order chi connectivity index (χ0) is 17.7. The van der Waals surface area contributed by atoms with E-state index in [1.54, 1.807) is 0 Å². The first-order chi connectivity index (χ1) is 9.47. The molecule has 0 amide bonds. The molecule has 0 spiro atoms. The van der Waals surface area contributed by atoms with Gasteiger partial charge in [0.2, 0.25) is 0 Å². The molecule has 8 heteroatoms. The first-order valence-electron chi connectivity index (χ1n) is 8.46. The summed E-state index contributed by atoms with van der Waals surface area (Å²) in [6, 6.07) is 0. The quantitative estimate of drug-likeness (QED) is 0.403. The van der Waals surface area contributed by atoms with Crippen LogP contribution in [0.5, 0.6) is 0 Å². The Morgan fingerprint density at radius 1 is 0.591 bits per heavy atom. The predicted octanol–water partition coefficient (Wildman–Crippen LogP) is 6.23. The fourth-order valence-corrected chi connectivity index (χ4v) is 29.9. The summed E-state index contributed by atoms with van der Waals surface area (Å²) in [6.07, 6.45) is 0. The number of nitrogens with zero attached hydrogens (tertiary/aromatic N) is 3. The molecule has 0 aliphatic carbocycles. The lowest BCUT2D eigenvalue weighted by atomic mass is 11.4. The zero-order valence-electron chi connectivity index (χ0n) is 16.9. The summed E-state index contributed by atoms with van der Waals surface area (Å²) >= 11 is 0. The van der Waals surface area contributed by atoms with Crippen molar-refractivity contribution in [1.29, 1.82) is 0 Å². The summed E-state index contributed by atoms with van der Waals surface area (Å²) in [6.45, 7) is 30.2. The van der Waals surface area contributed by atoms with Crippen molar-refractivity contribution >= 4 is 40.7 Å². The molecule has 22 heavy (non-hydrogen) atoms. The van der Waals surface area contributed by atoms with Crippen LogP contribution in [0.3, 0.4) is 0 Å². The van der Waals surface area contributed by atoms with E-state index in [1.807, 2.05) is 0 Å². The maximum Gasteiger partial charge on any atom is 0.116 e. The summed E-state index contributed by atoms with van der Waals surface area (Å²) in [7, 11) is -5.67. The van der Waals surface area contributed by atoms with Gasteiger partial charge in [0.25, 0.3) is 0 Å². The molecule has 0 aromatic heterocycles. The fourth-order valence-electron chi connectivity index (χ4n) is 3.42. The highest BCUT2D eigenvalue weighted by Gasteiger charge is 2.54. The molecule has 2 atom stereocenters. The topological polar surface area (TPSA) is 28.0 Å². The van der Waals surface area contributed by atoms with Gasteiger partial charge in [0.15, 0.2) is 0 Å². The summed E-state index contributed by atoms with van der Waals surface area (Å²) in [5.41, 5.74) is 0. The molecule has 0 radical (unpaired) electrons. The molecule has 1 aliphatic heterocycles. The summed E-state index contributed by atoms with van der Waals surface area (Å²) in [4.78, 5) is 0. The molecule has 1 rings (SSSR count). The monoisotopic (exact) mass is 391 g/mol. The van der Waals surface area contributed by atoms with Gasteiger partial charge in [-0.1, -0.05) is 78.6 Å². The molecule has 2 unspecified atom stereocenters. The van der Waals surface area contributed by atoms with Gasteiger partial charge in [-0.15, -0.1) is 0 Å². The third kappa shape index (κ3) is 4.69. The first-order valence-corrected chi connectivity index (χ1v) is 23.9. The lowest BCUT2D eigenvalue weighted by molar-refractivity contribution is 0.945. The van der Waals surface area contributed by atoms with E-state index in [4.69, 9.17) is 10.2 Å². The summed E-state index contributed by atoms with van der Waals surface area (Å²) in [5.74, 6) is 0. The molecule has 3 nitrogen and oxygen atoms in total. The maximum absolute atomic E-state index is 4.94. The van der Waals surface area contributed by atoms with E-state index in [0.717, 1.165) is 0 Å². The van der Waals surface area contributed by atoms with Crippen molar-refractivity contribution in [2.75, 3.05) is 0 Å². The van der Waals surface area contributed by atoms with E-state index in [2.05, 4.69) is 82.6 Å². The van der Waals surface area contributed by atoms with Crippen molar-refractivity contribution in [3.8, 4) is 0 Å². The molecule has 0 fully saturated rings. The molecule has 1 heterocycles. The van der Waals surface area contributed by atoms with Crippen LogP contribution in [0.2, 0.25) is 78.6 Å². The lowest BCUT2D eigenvalue weighted by Crippen LogP contribution is -2.60. The Kier molecular flexibility index (Phi) is 5.98. The highest BCUT2D eigenvalue weighted by Crippen LogP contribution is 2.63. The Labute approximate surface area is 144 Å². The summed E-state index contributed by atoms with van der Waals surface area (Å²) in [5, 5.41) is 11.0. The van der Waals surface area contributed by atoms with Gasteiger partial charge in [-0.25, -0.2) is 0 Å². The van der Waals surface area contributed by atoms with Crippen molar-refractivity contribution in [3.63, 3.8) is 0 Å². The Morgan fingerprint density at radius 2 is 0.864 bits per heavy atom. The van der Waals surface area contributed by atoms with Crippen LogP contribution in [0.25, 0.3) is 0 Å². The lowest BCUT2D eigenvalue weighted by Gasteiger charge is -2.52. The van der Waals surface area contributed by atoms with E-state index in [0.29, 0.717) is 10.8 Å². The van der Waals surface area contributed by atoms with Crippen LogP contribution in [0.1, 0.15) is 0 Å². The Morgan fingerprint density at radius 3 is 1.05 bits per heavy atom. The number of hydrogen-bond acceptors (Lipinski definition) is 3. The number of rotatable bonds is 5. The van der Waals surface area contributed by atoms with Gasteiger partial charge in [0.05, 0.1) is 27.0 Å². The van der Waals surface area contributed by atoms with E-state index in [9.17, 15) is 0 Å². The molecule has 0 N–H and O–H groups in total. The molecule has 0 bridgehead atoms. The van der Waals surface area contributed by atoms with Gasteiger partial charge in [-0.3, -0.25) is 0 Å². The van der Waals surface area contributed by atoms with Gasteiger partial charge in [0.1, 0.15) is 16.5 Å². The van der Waals surface area contributed by atoms with Gasteiger partial charge in [0, 0.05) is 0 Å². The van der Waals surface area contributed by atoms with Crippen LogP contribution in [0.4, 0.5) is 0 Å². The zero-order valence-corrected chi connectivity index (χ0v) is 21.8. The minimum Gasteiger partial charge on any atom is -0.321 e. The van der Waals surface area contributed by atoms with Crippen molar-refractivity contribution in [2.45, 2.75) is 89.4 Å². The molecule has 0 aromatic rings. The average molecular weight is 392 g/mol. The van der Waals surface area contributed by atoms with E-state index in [-0.39, 0.29) is 8.07 Å². The van der Waals surface area contributed by atoms with Crippen LogP contribution in [-0.4, -0.2) is 47.4 Å². The van der Waals surface area contributed by atoms with Gasteiger partial charge < -0.3 is 4.00 Å². The smallest absolute Gasteiger partial charge is 0.116 e. The minimum absolute atomic E-state index is 0.241. The highest BCUT2D eigenvalue weighted by atomic mass is 31.1. The Balaban J connectivity index is 3.43. The van der Waals surface area contributed by atoms with Crippen molar-refractivity contribution in [1.82, 2.24) is 4.00 Å². The van der Waals surface area contributed by atoms with E-state index >= 15 is 0 Å². The van der Waals surface area contributed by atoms with Crippen molar-refractivity contribution in [3.05, 3.63) is 0 Å². The second-order valence-corrected chi connectivity index (χ2v) is 35.2. The van der Waals surface area contributed by atoms with Gasteiger partial charge in [-0.2, -0.15) is 10.2 Å². The molecule has 1 aliphatic rings. The van der Waals surface area contributed by atoms with Gasteiger partial charge >= 0.3 is 0 Å². The van der Waals surface area contributed by atoms with E-state index in [1.165, 1.54) is 0 Å². The minimum atomic E-state index is -1.38. The molecule has 0 saturated heterocycles. The van der Waals surface area contributed by atoms with Crippen LogP contribution in [-0.2, 0) is 0 Å². The maximum atomic E-state index is 4.94. The highest BCUT2D eigenvalue weighted by molar-refractivity contribution is 7.67. The predicted molar refractivity (Wildman–Crippen MR) is 115 cm³/mol. The second kappa shape index (κ2) is 6.30. The van der Waals surface area contributed by atoms with Crippen molar-refractivity contribution in [2.24, 2.45) is 10.2 Å². The molecular weight excluding hydrogens is 353 g/mol. The van der Waals surface area contributed by atoms with E-state index < -0.39 is 32.6 Å². The molecule has 0 saturated carbocycles. The van der Waals surface area contributed by atoms with Crippen LogP contribution < -0.4 is 0 Å². The third-order valence-electron chi connectivity index (χ3n) is 3.84. The standard InChI is InChI=1S/C14H38N3PSi4/c1-19(2,3)13-15-16-14(20(4,5)6)18(13)17(21(7,8)9)22(10,11)12/h13-14H,1-12H3. The first kappa shape index (κ1) is 20.9. The summed E-state index contributed by atoms with van der Waals surface area (Å²) < 4.78 is 3.07. The molecule has 0 aromatic carbocycles. The third-order valence-corrected chi connectivity index (χ3v) is 26.6. The van der Waals surface area contributed by atoms with Crippen LogP contribution in [0, 0.1) is 0 Å². The van der Waals surface area contributed by atoms with Crippen molar-refractivity contribution < 1.29 is 0 Å². The SMILES string of the molecule is C[Si](C)(C)C1N=NC([Si](C)(C)C)P1N([Si](C)(C)C)[Si](C)(C)C. The Hall–Kier alpha value is 0.858. The largest absolute Gasteiger partial charge is 0.321 e. The average Bonchev–Trinajstić information content (AvgIpc) is 2.54. The van der Waals surface area contributed by atoms with Gasteiger partial charge in [-0.05, 0) is 8.07 Å². The Bertz CT molecular complexity index is 391. The van der Waals surface area contributed by atoms with Crippen LogP contribution in [0.15, 0.2) is 10.2 Å². The fraction of sp³-hybridized carbons (Fsp3) is 1.00. The normalized spacial score (nSPS) is 27.8. The molecule has 130 valence electrons. The molecular formula is C14H38N3PSi4. The number of hydrogen-bond donors (Lipinski definition) is 0. The number of azo groups is 1. The van der Waals surface area contributed by atoms with Crippen LogP contribution >= 0.6 is 8.07 Å².